The van der Waals surface area contributed by atoms with E-state index in [9.17, 15) is 19.2 Å². The molecule has 0 aromatic carbocycles. The molecule has 0 spiro atoms. The van der Waals surface area contributed by atoms with Gasteiger partial charge in [0.1, 0.15) is 18.7 Å². The molecule has 0 heterocycles. The number of carboxylic acids is 1. The molecular weight excluding hydrogens is 292 g/mol. The minimum Gasteiger partial charge on any atom is -0.479 e. The highest BCUT2D eigenvalue weighted by atomic mass is 16.6. The van der Waals surface area contributed by atoms with Gasteiger partial charge in [-0.2, -0.15) is 0 Å². The number of rotatable bonds is 9. The first-order valence-electron chi connectivity index (χ1n) is 5.60. The van der Waals surface area contributed by atoms with E-state index in [1.807, 2.05) is 0 Å². The first-order chi connectivity index (χ1) is 9.77. The lowest BCUT2D eigenvalue weighted by molar-refractivity contribution is -0.163. The Balaban J connectivity index is 3.94. The van der Waals surface area contributed by atoms with Gasteiger partial charge in [-0.3, -0.25) is 9.59 Å². The van der Waals surface area contributed by atoms with Crippen LogP contribution in [0.3, 0.4) is 0 Å². The number of hydrogen-bond acceptors (Lipinski definition) is 10. The van der Waals surface area contributed by atoms with Crippen molar-refractivity contribution in [1.29, 1.82) is 0 Å². The first kappa shape index (κ1) is 18.8. The molecule has 6 N–H and O–H groups in total. The van der Waals surface area contributed by atoms with Crippen molar-refractivity contribution in [2.75, 3.05) is 26.4 Å². The smallest absolute Gasteiger partial charge is 0.344 e. The molecule has 11 nitrogen and oxygen atoms in total. The number of aliphatic hydroxyl groups is 1. The fourth-order valence-corrected chi connectivity index (χ4v) is 0.844. The van der Waals surface area contributed by atoms with E-state index in [1.165, 1.54) is 0 Å². The Morgan fingerprint density at radius 2 is 1.43 bits per heavy atom. The van der Waals surface area contributed by atoms with Gasteiger partial charge in [0, 0.05) is 0 Å². The SMILES string of the molecule is NC(CO)C(=O)OCC(=O)OCC(N)C(=O)OCC(=O)O. The molecule has 0 aromatic rings. The summed E-state index contributed by atoms with van der Waals surface area (Å²) in [6, 6.07) is -2.64. The van der Waals surface area contributed by atoms with Crippen LogP contribution in [0.4, 0.5) is 0 Å². The van der Waals surface area contributed by atoms with Crippen LogP contribution in [0, 0.1) is 0 Å². The minimum atomic E-state index is -1.37. The maximum atomic E-state index is 11.1. The van der Waals surface area contributed by atoms with Crippen LogP contribution in [0.1, 0.15) is 0 Å². The van der Waals surface area contributed by atoms with Gasteiger partial charge < -0.3 is 35.9 Å². The van der Waals surface area contributed by atoms with Crippen LogP contribution in [-0.2, 0) is 33.4 Å². The van der Waals surface area contributed by atoms with Crippen LogP contribution in [0.25, 0.3) is 0 Å². The van der Waals surface area contributed by atoms with E-state index < -0.39 is 62.4 Å². The summed E-state index contributed by atoms with van der Waals surface area (Å²) in [7, 11) is 0. The monoisotopic (exact) mass is 308 g/mol. The van der Waals surface area contributed by atoms with Crippen molar-refractivity contribution in [2.45, 2.75) is 12.1 Å². The molecule has 0 saturated heterocycles. The lowest BCUT2D eigenvalue weighted by Gasteiger charge is -2.12. The molecule has 11 heteroatoms. The molecule has 2 atom stereocenters. The van der Waals surface area contributed by atoms with Gasteiger partial charge in [-0.25, -0.2) is 9.59 Å². The second-order valence-corrected chi connectivity index (χ2v) is 3.69. The van der Waals surface area contributed by atoms with Crippen molar-refractivity contribution in [3.05, 3.63) is 0 Å². The second kappa shape index (κ2) is 9.63. The van der Waals surface area contributed by atoms with Crippen molar-refractivity contribution < 1.29 is 43.6 Å². The minimum absolute atomic E-state index is 0.582. The zero-order valence-electron chi connectivity index (χ0n) is 10.9. The molecule has 2 unspecified atom stereocenters. The summed E-state index contributed by atoms with van der Waals surface area (Å²) in [5, 5.41) is 16.8. The lowest BCUT2D eigenvalue weighted by atomic mass is 10.3. The molecule has 21 heavy (non-hydrogen) atoms. The number of aliphatic hydroxyl groups excluding tert-OH is 1. The average molecular weight is 308 g/mol. The zero-order chi connectivity index (χ0) is 16.4. The molecule has 0 amide bonds. The van der Waals surface area contributed by atoms with E-state index in [1.54, 1.807) is 0 Å². The predicted molar refractivity (Wildman–Crippen MR) is 63.5 cm³/mol. The van der Waals surface area contributed by atoms with E-state index in [4.69, 9.17) is 21.7 Å². The summed E-state index contributed by atoms with van der Waals surface area (Å²) in [5.41, 5.74) is 10.4. The average Bonchev–Trinajstić information content (AvgIpc) is 2.46. The summed E-state index contributed by atoms with van der Waals surface area (Å²) < 4.78 is 13.2. The van der Waals surface area contributed by atoms with Gasteiger partial charge in [-0.15, -0.1) is 0 Å². The molecular formula is C10H16N2O9. The van der Waals surface area contributed by atoms with Crippen molar-refractivity contribution >= 4 is 23.9 Å². The maximum Gasteiger partial charge on any atom is 0.344 e. The molecule has 0 aromatic heterocycles. The second-order valence-electron chi connectivity index (χ2n) is 3.69. The molecule has 0 saturated carbocycles. The van der Waals surface area contributed by atoms with Gasteiger partial charge in [0.15, 0.2) is 13.2 Å². The number of carbonyl (C=O) groups is 4. The zero-order valence-corrected chi connectivity index (χ0v) is 10.9. The fourth-order valence-electron chi connectivity index (χ4n) is 0.844. The van der Waals surface area contributed by atoms with E-state index in [-0.39, 0.29) is 0 Å². The van der Waals surface area contributed by atoms with Crippen LogP contribution in [0.5, 0.6) is 0 Å². The van der Waals surface area contributed by atoms with E-state index >= 15 is 0 Å². The summed E-state index contributed by atoms with van der Waals surface area (Å²) in [6.45, 7) is -2.87. The maximum absolute atomic E-state index is 11.1. The van der Waals surface area contributed by atoms with Crippen LogP contribution in [-0.4, -0.2) is 72.6 Å². The first-order valence-corrected chi connectivity index (χ1v) is 5.60. The number of esters is 3. The highest BCUT2D eigenvalue weighted by Gasteiger charge is 2.20. The molecule has 0 aliphatic carbocycles. The standard InChI is InChI=1S/C10H16N2O9/c11-5(1-13)9(17)21-4-8(16)19-2-6(12)10(18)20-3-7(14)15/h5-6,13H,1-4,11-12H2,(H,14,15). The predicted octanol–water partition coefficient (Wildman–Crippen LogP) is -3.65. The quantitative estimate of drug-likeness (QED) is 0.243. The number of carbonyl (C=O) groups excluding carboxylic acids is 3. The fraction of sp³-hybridized carbons (Fsp3) is 0.600. The molecule has 0 aliphatic heterocycles. The Morgan fingerprint density at radius 1 is 0.905 bits per heavy atom. The summed E-state index contributed by atoms with van der Waals surface area (Å²) in [4.78, 5) is 43.4. The Kier molecular flexibility index (Phi) is 8.60. The van der Waals surface area contributed by atoms with E-state index in [0.29, 0.717) is 0 Å². The largest absolute Gasteiger partial charge is 0.479 e. The van der Waals surface area contributed by atoms with Crippen molar-refractivity contribution in [1.82, 2.24) is 0 Å². The Labute approximate surface area is 118 Å². The number of carboxylic acid groups (broad SMARTS) is 1. The summed E-state index contributed by atoms with van der Waals surface area (Å²) in [6.07, 6.45) is 0. The molecule has 0 radical (unpaired) electrons. The molecule has 120 valence electrons. The Morgan fingerprint density at radius 3 is 1.95 bits per heavy atom. The van der Waals surface area contributed by atoms with Gasteiger partial charge in [0.2, 0.25) is 0 Å². The third-order valence-electron chi connectivity index (χ3n) is 1.90. The third kappa shape index (κ3) is 8.52. The third-order valence-corrected chi connectivity index (χ3v) is 1.90. The Bertz CT molecular complexity index is 398. The van der Waals surface area contributed by atoms with E-state index in [2.05, 4.69) is 14.2 Å². The van der Waals surface area contributed by atoms with Gasteiger partial charge in [0.05, 0.1) is 6.61 Å². The van der Waals surface area contributed by atoms with E-state index in [0.717, 1.165) is 0 Å². The Hall–Kier alpha value is -2.24. The highest BCUT2D eigenvalue weighted by molar-refractivity contribution is 5.81. The molecule has 0 fully saturated rings. The molecule has 0 rings (SSSR count). The van der Waals surface area contributed by atoms with Gasteiger partial charge in [-0.1, -0.05) is 0 Å². The summed E-state index contributed by atoms with van der Waals surface area (Å²) in [5.74, 6) is -4.43. The normalized spacial score (nSPS) is 12.9. The number of aliphatic carboxylic acids is 1. The van der Waals surface area contributed by atoms with Crippen LogP contribution >= 0.6 is 0 Å². The molecule has 0 aliphatic rings. The van der Waals surface area contributed by atoms with Crippen molar-refractivity contribution in [3.8, 4) is 0 Å². The van der Waals surface area contributed by atoms with Gasteiger partial charge in [-0.05, 0) is 0 Å². The van der Waals surface area contributed by atoms with Crippen LogP contribution in [0.2, 0.25) is 0 Å². The van der Waals surface area contributed by atoms with Crippen molar-refractivity contribution in [3.63, 3.8) is 0 Å². The lowest BCUT2D eigenvalue weighted by Crippen LogP contribution is -2.39. The molecule has 0 bridgehead atoms. The number of hydrogen-bond donors (Lipinski definition) is 4. The topological polar surface area (TPSA) is 188 Å². The number of ether oxygens (including phenoxy) is 3. The van der Waals surface area contributed by atoms with Crippen LogP contribution in [0.15, 0.2) is 0 Å². The van der Waals surface area contributed by atoms with Crippen molar-refractivity contribution in [2.24, 2.45) is 11.5 Å². The van der Waals surface area contributed by atoms with Gasteiger partial charge in [0.25, 0.3) is 0 Å². The van der Waals surface area contributed by atoms with Crippen LogP contribution < -0.4 is 11.5 Å². The highest BCUT2D eigenvalue weighted by Crippen LogP contribution is 1.91. The summed E-state index contributed by atoms with van der Waals surface area (Å²) >= 11 is 0. The number of nitrogens with two attached hydrogens (primary N) is 2. The van der Waals surface area contributed by atoms with Gasteiger partial charge >= 0.3 is 23.9 Å².